The Labute approximate surface area is 152 Å². The van der Waals surface area contributed by atoms with Crippen LogP contribution in [0.25, 0.3) is 0 Å². The minimum absolute atomic E-state index is 0.259. The second kappa shape index (κ2) is 6.86. The second-order valence-electron chi connectivity index (χ2n) is 4.51. The van der Waals surface area contributed by atoms with Crippen molar-refractivity contribution in [1.82, 2.24) is 15.0 Å². The number of halogens is 10. The number of alkyl halides is 10. The summed E-state index contributed by atoms with van der Waals surface area (Å²) in [5.41, 5.74) is -2.82. The fourth-order valence-corrected chi connectivity index (χ4v) is 2.09. The molecule has 0 spiro atoms. The van der Waals surface area contributed by atoms with Gasteiger partial charge >= 0.3 is 12.1 Å². The molecule has 23 heavy (non-hydrogen) atoms. The third-order valence-corrected chi connectivity index (χ3v) is 5.12. The van der Waals surface area contributed by atoms with Crippen LogP contribution in [0.15, 0.2) is 0 Å². The first-order valence-corrected chi connectivity index (χ1v) is 7.90. The first kappa shape index (κ1) is 21.3. The maximum Gasteiger partial charge on any atom is 0.459 e. The number of aromatic nitrogens is 3. The maximum absolute atomic E-state index is 13.9. The van der Waals surface area contributed by atoms with E-state index in [0.717, 1.165) is 0 Å². The van der Waals surface area contributed by atoms with Crippen LogP contribution in [-0.4, -0.2) is 25.0 Å². The molecule has 0 amide bonds. The lowest BCUT2D eigenvalue weighted by atomic mass is 10.1. The Kier molecular flexibility index (Phi) is 6.35. The largest absolute Gasteiger partial charge is 0.459 e. The Hall–Kier alpha value is 0.240. The molecule has 0 aliphatic rings. The lowest BCUT2D eigenvalue weighted by Gasteiger charge is -2.28. The molecular formula is C10H9Cl5F5N3. The van der Waals surface area contributed by atoms with Crippen molar-refractivity contribution in [3.63, 3.8) is 0 Å². The van der Waals surface area contributed by atoms with E-state index in [2.05, 4.69) is 10.3 Å². The molecule has 0 aliphatic heterocycles. The van der Waals surface area contributed by atoms with Crippen molar-refractivity contribution < 1.29 is 22.0 Å². The summed E-state index contributed by atoms with van der Waals surface area (Å²) in [5, 5.41) is 6.46. The molecule has 1 aromatic heterocycles. The van der Waals surface area contributed by atoms with Crippen molar-refractivity contribution in [3.8, 4) is 0 Å². The van der Waals surface area contributed by atoms with Gasteiger partial charge in [-0.15, -0.1) is 5.10 Å². The summed E-state index contributed by atoms with van der Waals surface area (Å²) in [6.07, 6.45) is -5.18. The van der Waals surface area contributed by atoms with E-state index in [1.807, 2.05) is 0 Å². The topological polar surface area (TPSA) is 30.7 Å². The summed E-state index contributed by atoms with van der Waals surface area (Å²) >= 11 is 27.8. The van der Waals surface area contributed by atoms with Crippen LogP contribution >= 0.6 is 58.0 Å². The number of unbranched alkanes of at least 4 members (excludes halogenated alkanes) is 1. The van der Waals surface area contributed by atoms with Gasteiger partial charge in [-0.2, -0.15) is 22.0 Å². The first-order valence-electron chi connectivity index (χ1n) is 6.01. The predicted octanol–water partition coefficient (Wildman–Crippen LogP) is 5.73. The van der Waals surface area contributed by atoms with Crippen molar-refractivity contribution in [2.24, 2.45) is 0 Å². The molecule has 1 heterocycles. The average molecular weight is 443 g/mol. The minimum atomic E-state index is -5.94. The molecule has 0 saturated heterocycles. The number of rotatable bonds is 5. The SMILES string of the molecule is CCCCn1nnc(C(Cl)(Cl)C(Cl)(Cl)Cl)c1C(F)(F)C(F)(F)F. The van der Waals surface area contributed by atoms with Gasteiger partial charge in [0.25, 0.3) is 0 Å². The Morgan fingerprint density at radius 2 is 1.52 bits per heavy atom. The molecule has 0 N–H and O–H groups in total. The van der Waals surface area contributed by atoms with Gasteiger partial charge in [-0.1, -0.05) is 76.6 Å². The summed E-state index contributed by atoms with van der Waals surface area (Å²) < 4.78 is 61.0. The number of aryl methyl sites for hydroxylation is 1. The summed E-state index contributed by atoms with van der Waals surface area (Å²) in [5.74, 6) is -5.34. The second-order valence-corrected chi connectivity index (χ2v) is 8.12. The summed E-state index contributed by atoms with van der Waals surface area (Å²) in [7, 11) is 0. The van der Waals surface area contributed by atoms with Gasteiger partial charge in [-0.25, -0.2) is 4.68 Å². The Morgan fingerprint density at radius 1 is 1.00 bits per heavy atom. The van der Waals surface area contributed by atoms with Gasteiger partial charge in [0.2, 0.25) is 8.13 Å². The molecule has 13 heteroatoms. The highest BCUT2D eigenvalue weighted by molar-refractivity contribution is 6.75. The smallest absolute Gasteiger partial charge is 0.242 e. The zero-order chi connectivity index (χ0) is 18.3. The van der Waals surface area contributed by atoms with Gasteiger partial charge in [-0.3, -0.25) is 0 Å². The van der Waals surface area contributed by atoms with Crippen LogP contribution in [0.1, 0.15) is 31.2 Å². The van der Waals surface area contributed by atoms with E-state index in [0.29, 0.717) is 11.1 Å². The van der Waals surface area contributed by atoms with Crippen LogP contribution in [-0.2, 0) is 16.8 Å². The van der Waals surface area contributed by atoms with E-state index < -0.39 is 31.6 Å². The van der Waals surface area contributed by atoms with Crippen LogP contribution in [0.4, 0.5) is 22.0 Å². The van der Waals surface area contributed by atoms with Crippen LogP contribution in [0.3, 0.4) is 0 Å². The van der Waals surface area contributed by atoms with Crippen LogP contribution in [0, 0.1) is 0 Å². The highest BCUT2D eigenvalue weighted by atomic mass is 35.6. The van der Waals surface area contributed by atoms with Crippen LogP contribution in [0.5, 0.6) is 0 Å². The normalized spacial score (nSPS) is 14.4. The van der Waals surface area contributed by atoms with Crippen molar-refractivity contribution in [2.75, 3.05) is 0 Å². The van der Waals surface area contributed by atoms with Gasteiger partial charge in [0.15, 0.2) is 0 Å². The lowest BCUT2D eigenvalue weighted by Crippen LogP contribution is -2.40. The van der Waals surface area contributed by atoms with Crippen molar-refractivity contribution in [1.29, 1.82) is 0 Å². The van der Waals surface area contributed by atoms with E-state index in [-0.39, 0.29) is 13.0 Å². The van der Waals surface area contributed by atoms with E-state index in [4.69, 9.17) is 58.0 Å². The fourth-order valence-electron chi connectivity index (χ4n) is 1.57. The maximum atomic E-state index is 13.9. The Morgan fingerprint density at radius 3 is 1.91 bits per heavy atom. The van der Waals surface area contributed by atoms with Crippen molar-refractivity contribution in [3.05, 3.63) is 11.4 Å². The quantitative estimate of drug-likeness (QED) is 0.430. The van der Waals surface area contributed by atoms with E-state index in [9.17, 15) is 22.0 Å². The zero-order valence-electron chi connectivity index (χ0n) is 11.2. The van der Waals surface area contributed by atoms with Crippen molar-refractivity contribution in [2.45, 2.75) is 46.5 Å². The fraction of sp³-hybridized carbons (Fsp3) is 0.800. The third-order valence-electron chi connectivity index (χ3n) is 2.77. The lowest BCUT2D eigenvalue weighted by molar-refractivity contribution is -0.292. The minimum Gasteiger partial charge on any atom is -0.242 e. The van der Waals surface area contributed by atoms with Crippen LogP contribution < -0.4 is 0 Å². The molecule has 0 atom stereocenters. The molecule has 0 saturated carbocycles. The first-order chi connectivity index (χ1) is 10.2. The summed E-state index contributed by atoms with van der Waals surface area (Å²) in [4.78, 5) is 0. The molecule has 1 rings (SSSR count). The standard InChI is InChI=1S/C10H9Cl5F5N3/c1-2-3-4-23-6(8(16,17)10(18,19)20)5(21-22-23)7(11,12)9(13,14)15/h2-4H2,1H3. The molecule has 0 radical (unpaired) electrons. The Balaban J connectivity index is 3.60. The van der Waals surface area contributed by atoms with Gasteiger partial charge in [0.05, 0.1) is 0 Å². The van der Waals surface area contributed by atoms with E-state index >= 15 is 0 Å². The molecular weight excluding hydrogens is 434 g/mol. The molecule has 134 valence electrons. The highest BCUT2D eigenvalue weighted by Crippen LogP contribution is 2.56. The zero-order valence-corrected chi connectivity index (χ0v) is 15.0. The molecule has 0 unspecified atom stereocenters. The summed E-state index contributed by atoms with van der Waals surface area (Å²) in [6, 6.07) is 0. The monoisotopic (exact) mass is 441 g/mol. The average Bonchev–Trinajstić information content (AvgIpc) is 2.78. The highest BCUT2D eigenvalue weighted by Gasteiger charge is 2.65. The summed E-state index contributed by atoms with van der Waals surface area (Å²) in [6.45, 7) is 1.43. The molecule has 3 nitrogen and oxygen atoms in total. The van der Waals surface area contributed by atoms with Gasteiger partial charge < -0.3 is 0 Å². The Bertz CT molecular complexity index is 552. The molecule has 0 aliphatic carbocycles. The number of hydrogen-bond acceptors (Lipinski definition) is 2. The number of hydrogen-bond donors (Lipinski definition) is 0. The molecule has 0 fully saturated rings. The molecule has 0 bridgehead atoms. The van der Waals surface area contributed by atoms with Gasteiger partial charge in [-0.05, 0) is 6.42 Å². The third kappa shape index (κ3) is 4.08. The number of nitrogens with zero attached hydrogens (tertiary/aromatic N) is 3. The molecule has 1 aromatic rings. The van der Waals surface area contributed by atoms with Crippen molar-refractivity contribution >= 4 is 58.0 Å². The van der Waals surface area contributed by atoms with E-state index in [1.54, 1.807) is 6.92 Å². The van der Waals surface area contributed by atoms with Gasteiger partial charge in [0.1, 0.15) is 11.4 Å². The van der Waals surface area contributed by atoms with Gasteiger partial charge in [0, 0.05) is 6.54 Å². The van der Waals surface area contributed by atoms with Crippen LogP contribution in [0.2, 0.25) is 0 Å². The van der Waals surface area contributed by atoms with E-state index in [1.165, 1.54) is 0 Å². The predicted molar refractivity (Wildman–Crippen MR) is 78.6 cm³/mol. The molecule has 0 aromatic carbocycles.